The SMILES string of the molecule is Cl.Cl.O=C(c1ccc(Cl)c2cccnc12)N1CCCC(N2CCNCC2=O)C1. The number of carbonyl (C=O) groups excluding carboxylic acids is 2. The fourth-order valence-electron chi connectivity index (χ4n) is 3.88. The van der Waals surface area contributed by atoms with E-state index in [1.165, 1.54) is 0 Å². The average Bonchev–Trinajstić information content (AvgIpc) is 2.68. The third-order valence-corrected chi connectivity index (χ3v) is 5.53. The summed E-state index contributed by atoms with van der Waals surface area (Å²) in [5.74, 6) is 0.0757. The topological polar surface area (TPSA) is 65.5 Å². The number of fused-ring (bicyclic) bond motifs is 1. The zero-order valence-electron chi connectivity index (χ0n) is 15.3. The maximum atomic E-state index is 13.2. The minimum atomic E-state index is -0.0438. The molecule has 4 rings (SSSR count). The molecular weight excluding hydrogens is 423 g/mol. The molecular formula is C19H23Cl3N4O2. The Labute approximate surface area is 181 Å². The first-order valence-corrected chi connectivity index (χ1v) is 9.35. The second-order valence-corrected chi connectivity index (χ2v) is 7.21. The lowest BCUT2D eigenvalue weighted by molar-refractivity contribution is -0.135. The van der Waals surface area contributed by atoms with E-state index in [-0.39, 0.29) is 42.7 Å². The Kier molecular flexibility index (Phi) is 7.89. The number of likely N-dealkylation sites (tertiary alicyclic amines) is 1. The Balaban J connectivity index is 0.00000140. The van der Waals surface area contributed by atoms with Crippen molar-refractivity contribution in [3.05, 3.63) is 41.0 Å². The Morgan fingerprint density at radius 1 is 1.21 bits per heavy atom. The van der Waals surface area contributed by atoms with Gasteiger partial charge in [-0.15, -0.1) is 24.8 Å². The number of hydrogen-bond acceptors (Lipinski definition) is 4. The highest BCUT2D eigenvalue weighted by atomic mass is 35.5. The third-order valence-electron chi connectivity index (χ3n) is 5.20. The van der Waals surface area contributed by atoms with Gasteiger partial charge in [-0.25, -0.2) is 0 Å². The molecule has 1 atom stereocenters. The number of nitrogens with one attached hydrogen (secondary N) is 1. The van der Waals surface area contributed by atoms with E-state index in [1.807, 2.05) is 21.9 Å². The normalized spacial score (nSPS) is 19.8. The van der Waals surface area contributed by atoms with Crippen LogP contribution < -0.4 is 5.32 Å². The first-order valence-electron chi connectivity index (χ1n) is 8.98. The van der Waals surface area contributed by atoms with Gasteiger partial charge in [0.1, 0.15) is 0 Å². The number of carbonyl (C=O) groups is 2. The zero-order chi connectivity index (χ0) is 18.1. The lowest BCUT2D eigenvalue weighted by atomic mass is 10.0. The summed E-state index contributed by atoms with van der Waals surface area (Å²) in [5.41, 5.74) is 1.20. The number of hydrogen-bond donors (Lipinski definition) is 1. The van der Waals surface area contributed by atoms with E-state index in [9.17, 15) is 9.59 Å². The summed E-state index contributed by atoms with van der Waals surface area (Å²) in [4.78, 5) is 33.5. The molecule has 1 N–H and O–H groups in total. The van der Waals surface area contributed by atoms with Crippen LogP contribution in [-0.2, 0) is 4.79 Å². The Morgan fingerprint density at radius 3 is 2.82 bits per heavy atom. The van der Waals surface area contributed by atoms with Crippen molar-refractivity contribution < 1.29 is 9.59 Å². The molecule has 1 aromatic heterocycles. The monoisotopic (exact) mass is 444 g/mol. The van der Waals surface area contributed by atoms with Crippen LogP contribution >= 0.6 is 36.4 Å². The van der Waals surface area contributed by atoms with E-state index in [4.69, 9.17) is 11.6 Å². The molecule has 0 spiro atoms. The van der Waals surface area contributed by atoms with E-state index >= 15 is 0 Å². The maximum Gasteiger partial charge on any atom is 0.256 e. The molecule has 2 saturated heterocycles. The van der Waals surface area contributed by atoms with Crippen LogP contribution in [0.5, 0.6) is 0 Å². The van der Waals surface area contributed by atoms with E-state index in [2.05, 4.69) is 10.3 Å². The van der Waals surface area contributed by atoms with Crippen LogP contribution in [0.25, 0.3) is 10.9 Å². The highest BCUT2D eigenvalue weighted by Gasteiger charge is 2.32. The molecule has 0 saturated carbocycles. The number of pyridine rings is 1. The van der Waals surface area contributed by atoms with Gasteiger partial charge < -0.3 is 15.1 Å². The largest absolute Gasteiger partial charge is 0.337 e. The number of piperazine rings is 1. The number of piperidine rings is 1. The number of nitrogens with zero attached hydrogens (tertiary/aromatic N) is 3. The quantitative estimate of drug-likeness (QED) is 0.772. The number of aromatic nitrogens is 1. The first kappa shape index (κ1) is 22.7. The summed E-state index contributed by atoms with van der Waals surface area (Å²) in [6, 6.07) is 7.28. The molecule has 0 radical (unpaired) electrons. The van der Waals surface area contributed by atoms with Crippen molar-refractivity contribution >= 4 is 59.1 Å². The van der Waals surface area contributed by atoms with Crippen molar-refractivity contribution in [2.75, 3.05) is 32.7 Å². The van der Waals surface area contributed by atoms with Gasteiger partial charge >= 0.3 is 0 Å². The summed E-state index contributed by atoms with van der Waals surface area (Å²) in [5, 5.41) is 4.47. The molecule has 28 heavy (non-hydrogen) atoms. The van der Waals surface area contributed by atoms with Crippen molar-refractivity contribution in [1.29, 1.82) is 0 Å². The molecule has 1 unspecified atom stereocenters. The van der Waals surface area contributed by atoms with Gasteiger partial charge in [0.2, 0.25) is 5.91 Å². The first-order chi connectivity index (χ1) is 12.6. The van der Waals surface area contributed by atoms with E-state index in [1.54, 1.807) is 18.3 Å². The number of halogens is 3. The van der Waals surface area contributed by atoms with Crippen LogP contribution in [0.15, 0.2) is 30.5 Å². The molecule has 152 valence electrons. The van der Waals surface area contributed by atoms with Crippen LogP contribution in [-0.4, -0.2) is 65.4 Å². The summed E-state index contributed by atoms with van der Waals surface area (Å²) < 4.78 is 0. The second kappa shape index (κ2) is 9.74. The van der Waals surface area contributed by atoms with Gasteiger partial charge in [-0.2, -0.15) is 0 Å². The smallest absolute Gasteiger partial charge is 0.256 e. The van der Waals surface area contributed by atoms with Crippen LogP contribution in [0.3, 0.4) is 0 Å². The summed E-state index contributed by atoms with van der Waals surface area (Å²) >= 11 is 6.25. The number of rotatable bonds is 2. The number of amides is 2. The summed E-state index contributed by atoms with van der Waals surface area (Å²) in [6.07, 6.45) is 3.51. The lowest BCUT2D eigenvalue weighted by Gasteiger charge is -2.41. The third kappa shape index (κ3) is 4.35. The Hall–Kier alpha value is -1.60. The molecule has 6 nitrogen and oxygen atoms in total. The van der Waals surface area contributed by atoms with Crippen LogP contribution in [0.2, 0.25) is 5.02 Å². The van der Waals surface area contributed by atoms with E-state index in [0.29, 0.717) is 42.3 Å². The molecule has 2 fully saturated rings. The van der Waals surface area contributed by atoms with Gasteiger partial charge in [-0.3, -0.25) is 14.6 Å². The van der Waals surface area contributed by atoms with E-state index in [0.717, 1.165) is 24.8 Å². The molecule has 3 heterocycles. The molecule has 2 aliphatic rings. The fraction of sp³-hybridized carbons (Fsp3) is 0.421. The van der Waals surface area contributed by atoms with Crippen molar-refractivity contribution in [3.63, 3.8) is 0 Å². The van der Waals surface area contributed by atoms with Crippen LogP contribution in [0, 0.1) is 0 Å². The highest BCUT2D eigenvalue weighted by molar-refractivity contribution is 6.36. The van der Waals surface area contributed by atoms with Gasteiger partial charge in [-0.1, -0.05) is 11.6 Å². The Bertz CT molecular complexity index is 864. The lowest BCUT2D eigenvalue weighted by Crippen LogP contribution is -2.57. The van der Waals surface area contributed by atoms with Gasteiger partial charge in [0.25, 0.3) is 5.91 Å². The van der Waals surface area contributed by atoms with Crippen LogP contribution in [0.4, 0.5) is 0 Å². The molecule has 2 aromatic rings. The van der Waals surface area contributed by atoms with Crippen molar-refractivity contribution in [3.8, 4) is 0 Å². The van der Waals surface area contributed by atoms with E-state index < -0.39 is 0 Å². The average molecular weight is 446 g/mol. The molecule has 0 bridgehead atoms. The fourth-order valence-corrected chi connectivity index (χ4v) is 4.10. The number of benzene rings is 1. The minimum Gasteiger partial charge on any atom is -0.337 e. The summed E-state index contributed by atoms with van der Waals surface area (Å²) in [7, 11) is 0. The summed E-state index contributed by atoms with van der Waals surface area (Å²) in [6.45, 7) is 3.17. The second-order valence-electron chi connectivity index (χ2n) is 6.81. The predicted octanol–water partition coefficient (Wildman–Crippen LogP) is 2.77. The van der Waals surface area contributed by atoms with Gasteiger partial charge in [0.15, 0.2) is 0 Å². The highest BCUT2D eigenvalue weighted by Crippen LogP contribution is 2.27. The molecule has 9 heteroatoms. The minimum absolute atomic E-state index is 0. The molecule has 0 aliphatic carbocycles. The maximum absolute atomic E-state index is 13.2. The van der Waals surface area contributed by atoms with Gasteiger partial charge in [-0.05, 0) is 37.1 Å². The molecule has 2 amide bonds. The molecule has 2 aliphatic heterocycles. The van der Waals surface area contributed by atoms with Crippen molar-refractivity contribution in [2.24, 2.45) is 0 Å². The van der Waals surface area contributed by atoms with Crippen LogP contribution in [0.1, 0.15) is 23.2 Å². The molecule has 1 aromatic carbocycles. The zero-order valence-corrected chi connectivity index (χ0v) is 17.7. The predicted molar refractivity (Wildman–Crippen MR) is 115 cm³/mol. The Morgan fingerprint density at radius 2 is 2.04 bits per heavy atom. The van der Waals surface area contributed by atoms with Crippen molar-refractivity contribution in [1.82, 2.24) is 20.1 Å². The van der Waals surface area contributed by atoms with Gasteiger partial charge in [0, 0.05) is 43.8 Å². The van der Waals surface area contributed by atoms with Gasteiger partial charge in [0.05, 0.1) is 22.6 Å². The standard InChI is InChI=1S/C19H21ClN4O2.2ClH/c20-16-6-5-15(18-14(16)4-1-7-22-18)19(26)23-9-2-3-13(12-23)24-10-8-21-11-17(24)25;;/h1,4-7,13,21H,2-3,8-12H2;2*1H. The van der Waals surface area contributed by atoms with Crippen molar-refractivity contribution in [2.45, 2.75) is 18.9 Å².